The van der Waals surface area contributed by atoms with Gasteiger partial charge in [0.1, 0.15) is 24.0 Å². The van der Waals surface area contributed by atoms with Crippen molar-refractivity contribution >= 4 is 23.4 Å². The standard InChI is InChI=1S/C46H73NO12/c1-10-11-12-15-33-21-27(2)20-28(3)22-39(56-8)42-40(57-9)24-30(5)46(54,59-42)43(51)44(52)47-19-14-13-16-34(47)45(53)58-41(31(6)36(49)26-37(33)50)29(4)23-32-17-18-35(48)38(25-32)55-7/h11-12,21,23,28,30-36,38-42,48-49,54H,10,13-20,22,24-26H2,1-9H3/b12-11-,27-21+,29-23+/t28-,30+,31+,32-,33+,34-,35+,36-,38+,39-,40-,41+,42+,46+/m0/s1. The molecular weight excluding hydrogens is 759 g/mol. The number of carbonyl (C=O) groups excluding carboxylic acids is 4. The number of aliphatic hydroxyl groups is 3. The highest BCUT2D eigenvalue weighted by molar-refractivity contribution is 6.39. The number of nitrogens with zero attached hydrogens (tertiary/aromatic N) is 1. The first-order valence-electron chi connectivity index (χ1n) is 21.9. The first kappa shape index (κ1) is 48.9. The van der Waals surface area contributed by atoms with Gasteiger partial charge in [0.25, 0.3) is 11.7 Å². The van der Waals surface area contributed by atoms with Crippen molar-refractivity contribution in [3.63, 3.8) is 0 Å². The zero-order valence-electron chi connectivity index (χ0n) is 37.0. The van der Waals surface area contributed by atoms with Gasteiger partial charge in [-0.2, -0.15) is 0 Å². The Morgan fingerprint density at radius 3 is 2.24 bits per heavy atom. The summed E-state index contributed by atoms with van der Waals surface area (Å²) < 4.78 is 29.9. The number of aliphatic hydroxyl groups excluding tert-OH is 2. The molecule has 4 rings (SSSR count). The molecule has 1 saturated carbocycles. The predicted molar refractivity (Wildman–Crippen MR) is 222 cm³/mol. The number of piperidine rings is 1. The van der Waals surface area contributed by atoms with E-state index in [1.54, 1.807) is 21.0 Å². The van der Waals surface area contributed by atoms with Crippen LogP contribution < -0.4 is 0 Å². The molecule has 2 bridgehead atoms. The normalized spacial score (nSPS) is 40.2. The lowest BCUT2D eigenvalue weighted by Gasteiger charge is -2.47. The molecule has 0 unspecified atom stereocenters. The number of rotatable bonds is 8. The number of cyclic esters (lactones) is 1. The summed E-state index contributed by atoms with van der Waals surface area (Å²) in [6.45, 7) is 11.4. The quantitative estimate of drug-likeness (QED) is 0.161. The van der Waals surface area contributed by atoms with Crippen LogP contribution in [0.15, 0.2) is 35.5 Å². The Morgan fingerprint density at radius 2 is 1.58 bits per heavy atom. The number of ether oxygens (including phenoxy) is 5. The number of esters is 1. The molecule has 3 aliphatic heterocycles. The van der Waals surface area contributed by atoms with E-state index in [1.807, 2.05) is 45.1 Å². The average Bonchev–Trinajstić information content (AvgIpc) is 3.21. The van der Waals surface area contributed by atoms with Gasteiger partial charge in [-0.3, -0.25) is 14.4 Å². The molecule has 3 heterocycles. The Morgan fingerprint density at radius 1 is 0.898 bits per heavy atom. The van der Waals surface area contributed by atoms with Gasteiger partial charge in [0.2, 0.25) is 5.79 Å². The molecule has 0 aromatic heterocycles. The molecule has 14 atom stereocenters. The van der Waals surface area contributed by atoms with Crippen molar-refractivity contribution < 1.29 is 58.2 Å². The van der Waals surface area contributed by atoms with E-state index in [2.05, 4.69) is 6.92 Å². The van der Waals surface area contributed by atoms with Crippen LogP contribution in [0.25, 0.3) is 0 Å². The molecule has 0 radical (unpaired) electrons. The third-order valence-electron chi connectivity index (χ3n) is 13.2. The number of methoxy groups -OCH3 is 3. The molecule has 0 aromatic rings. The van der Waals surface area contributed by atoms with Crippen LogP contribution in [0.4, 0.5) is 0 Å². The van der Waals surface area contributed by atoms with Crippen LogP contribution in [0.2, 0.25) is 0 Å². The smallest absolute Gasteiger partial charge is 0.329 e. The molecular formula is C46H73NO12. The summed E-state index contributed by atoms with van der Waals surface area (Å²) in [5.74, 6) is -7.65. The van der Waals surface area contributed by atoms with Crippen molar-refractivity contribution in [1.82, 2.24) is 4.90 Å². The molecule has 59 heavy (non-hydrogen) atoms. The molecule has 0 spiro atoms. The van der Waals surface area contributed by atoms with E-state index in [4.69, 9.17) is 23.7 Å². The lowest BCUT2D eigenvalue weighted by Crippen LogP contribution is -2.64. The molecule has 3 N–H and O–H groups in total. The van der Waals surface area contributed by atoms with E-state index in [1.165, 1.54) is 19.1 Å². The average molecular weight is 832 g/mol. The summed E-state index contributed by atoms with van der Waals surface area (Å²) in [7, 11) is 4.63. The van der Waals surface area contributed by atoms with Crippen LogP contribution in [0.5, 0.6) is 0 Å². The van der Waals surface area contributed by atoms with Crippen molar-refractivity contribution in [3.8, 4) is 0 Å². The molecule has 1 amide bonds. The van der Waals surface area contributed by atoms with E-state index in [9.17, 15) is 34.5 Å². The van der Waals surface area contributed by atoms with Crippen molar-refractivity contribution in [2.24, 2.45) is 29.6 Å². The van der Waals surface area contributed by atoms with Gasteiger partial charge in [0, 0.05) is 52.0 Å². The van der Waals surface area contributed by atoms with Crippen molar-refractivity contribution in [2.75, 3.05) is 27.9 Å². The predicted octanol–water partition coefficient (Wildman–Crippen LogP) is 5.42. The summed E-state index contributed by atoms with van der Waals surface area (Å²) in [5.41, 5.74) is 1.64. The number of hydrogen-bond donors (Lipinski definition) is 3. The first-order valence-corrected chi connectivity index (χ1v) is 21.9. The van der Waals surface area contributed by atoms with E-state index >= 15 is 0 Å². The molecule has 3 fully saturated rings. The van der Waals surface area contributed by atoms with Crippen LogP contribution in [0.3, 0.4) is 0 Å². The topological polar surface area (TPSA) is 178 Å². The number of Topliss-reactive ketones (excluding diaryl/α,β-unsaturated/α-hetero) is 2. The highest BCUT2D eigenvalue weighted by Crippen LogP contribution is 2.39. The first-order chi connectivity index (χ1) is 28.0. The maximum Gasteiger partial charge on any atom is 0.329 e. The van der Waals surface area contributed by atoms with Crippen LogP contribution in [0.1, 0.15) is 119 Å². The number of allylic oxidation sites excluding steroid dienone is 5. The fourth-order valence-electron chi connectivity index (χ4n) is 9.65. The SMILES string of the molecule is CC/C=C\C[C@@H]1/C=C(\C)C[C@H](C)C[C@H](OC)[C@H]2O[C@@](O)(C(=O)C(=O)N3CCCC[C@H]3C(=O)O[C@H](/C(C)=C/[C@@H]3CC[C@@H](O)[C@H](OC)C3)[C@H](C)[C@@H](O)CC1=O)[C@H](C)C[C@@H]2OC. The Bertz CT molecular complexity index is 1530. The van der Waals surface area contributed by atoms with E-state index < -0.39 is 83.9 Å². The maximum absolute atomic E-state index is 14.4. The highest BCUT2D eigenvalue weighted by Gasteiger charge is 2.56. The summed E-state index contributed by atoms with van der Waals surface area (Å²) in [5, 5.41) is 34.3. The lowest BCUT2D eigenvalue weighted by atomic mass is 9.81. The third-order valence-corrected chi connectivity index (χ3v) is 13.2. The van der Waals surface area contributed by atoms with Gasteiger partial charge >= 0.3 is 5.97 Å². The minimum atomic E-state index is -2.51. The number of amides is 1. The Labute approximate surface area is 351 Å². The van der Waals surface area contributed by atoms with Crippen LogP contribution in [-0.4, -0.2) is 126 Å². The van der Waals surface area contributed by atoms with Gasteiger partial charge in [-0.15, -0.1) is 0 Å². The Balaban J connectivity index is 1.79. The third kappa shape index (κ3) is 12.2. The van der Waals surface area contributed by atoms with Gasteiger partial charge in [0.05, 0.1) is 30.5 Å². The second kappa shape index (κ2) is 22.4. The second-order valence-corrected chi connectivity index (χ2v) is 17.9. The Kier molecular flexibility index (Phi) is 18.5. The number of carbonyl (C=O) groups is 4. The number of hydrogen-bond acceptors (Lipinski definition) is 12. The summed E-state index contributed by atoms with van der Waals surface area (Å²) in [4.78, 5) is 58.2. The van der Waals surface area contributed by atoms with Gasteiger partial charge in [-0.25, -0.2) is 4.79 Å². The van der Waals surface area contributed by atoms with Crippen LogP contribution in [0, 0.1) is 29.6 Å². The fraction of sp³-hybridized carbons (Fsp3) is 0.783. The van der Waals surface area contributed by atoms with Crippen molar-refractivity contribution in [2.45, 2.75) is 173 Å². The summed E-state index contributed by atoms with van der Waals surface area (Å²) >= 11 is 0. The largest absolute Gasteiger partial charge is 0.456 e. The number of ketones is 2. The summed E-state index contributed by atoms with van der Waals surface area (Å²) in [6.07, 6.45) is 8.32. The lowest BCUT2D eigenvalue weighted by molar-refractivity contribution is -0.302. The van der Waals surface area contributed by atoms with Gasteiger partial charge in [-0.05, 0) is 102 Å². The molecule has 13 heteroatoms. The maximum atomic E-state index is 14.4. The second-order valence-electron chi connectivity index (χ2n) is 17.9. The van der Waals surface area contributed by atoms with Crippen LogP contribution in [-0.2, 0) is 42.9 Å². The molecule has 13 nitrogen and oxygen atoms in total. The van der Waals surface area contributed by atoms with Crippen LogP contribution >= 0.6 is 0 Å². The molecule has 4 aliphatic rings. The molecule has 1 aliphatic carbocycles. The van der Waals surface area contributed by atoms with Crippen molar-refractivity contribution in [3.05, 3.63) is 35.5 Å². The summed E-state index contributed by atoms with van der Waals surface area (Å²) in [6, 6.07) is -1.14. The zero-order chi connectivity index (χ0) is 43.6. The van der Waals surface area contributed by atoms with E-state index in [0.29, 0.717) is 56.9 Å². The molecule has 2 saturated heterocycles. The zero-order valence-corrected chi connectivity index (χ0v) is 37.0. The fourth-order valence-corrected chi connectivity index (χ4v) is 9.65. The van der Waals surface area contributed by atoms with E-state index in [-0.39, 0.29) is 49.5 Å². The molecule has 0 aromatic carbocycles. The van der Waals surface area contributed by atoms with Gasteiger partial charge < -0.3 is 43.9 Å². The Hall–Kier alpha value is -2.78. The van der Waals surface area contributed by atoms with Gasteiger partial charge in [0.15, 0.2) is 0 Å². The van der Waals surface area contributed by atoms with Gasteiger partial charge in [-0.1, -0.05) is 57.6 Å². The van der Waals surface area contributed by atoms with E-state index in [0.717, 1.165) is 12.0 Å². The highest BCUT2D eigenvalue weighted by atomic mass is 16.7. The minimum Gasteiger partial charge on any atom is -0.456 e. The number of fused-ring (bicyclic) bond motifs is 3. The molecule has 334 valence electrons. The monoisotopic (exact) mass is 832 g/mol. The minimum absolute atomic E-state index is 0.00810. The van der Waals surface area contributed by atoms with Crippen molar-refractivity contribution in [1.29, 1.82) is 0 Å².